The number of aliphatic hydroxyl groups excluding tert-OH is 12. The average molecular weight is 1330 g/mol. The van der Waals surface area contributed by atoms with Crippen molar-refractivity contribution in [3.05, 3.63) is 0 Å². The second-order valence-corrected chi connectivity index (χ2v) is 23.1. The maximum atomic E-state index is 13.1. The van der Waals surface area contributed by atoms with Crippen LogP contribution in [-0.4, -0.2) is 296 Å². The van der Waals surface area contributed by atoms with Crippen molar-refractivity contribution in [3.8, 4) is 0 Å². The maximum absolute atomic E-state index is 13.1. The molecule has 4 saturated heterocycles. The zero-order valence-corrected chi connectivity index (χ0v) is 53.2. The Balaban J connectivity index is 0.000000480. The second-order valence-electron chi connectivity index (χ2n) is 23.1. The van der Waals surface area contributed by atoms with E-state index in [-0.39, 0.29) is 121 Å². The molecule has 0 aliphatic carbocycles. The van der Waals surface area contributed by atoms with E-state index in [2.05, 4.69) is 31.9 Å². The number of carbonyl (C=O) groups excluding carboxylic acids is 8. The summed E-state index contributed by atoms with van der Waals surface area (Å²) in [4.78, 5) is 100.0. The molecular weight excluding hydrogens is 1230 g/mol. The van der Waals surface area contributed by atoms with Crippen LogP contribution < -0.4 is 31.9 Å². The molecular formula is C58H102N6O28. The number of nitrogens with one attached hydrogen (secondary N) is 6. The van der Waals surface area contributed by atoms with Crippen LogP contribution in [0.1, 0.15) is 125 Å². The van der Waals surface area contributed by atoms with Gasteiger partial charge in [0.25, 0.3) is 0 Å². The van der Waals surface area contributed by atoms with Gasteiger partial charge in [0.15, 0.2) is 30.9 Å². The summed E-state index contributed by atoms with van der Waals surface area (Å²) in [6, 6.07) is -1.17. The van der Waals surface area contributed by atoms with Gasteiger partial charge in [0, 0.05) is 77.7 Å². The van der Waals surface area contributed by atoms with Crippen LogP contribution in [0.15, 0.2) is 0 Å². The second kappa shape index (κ2) is 42.7. The van der Waals surface area contributed by atoms with Crippen molar-refractivity contribution >= 4 is 47.0 Å². The monoisotopic (exact) mass is 1330 g/mol. The third-order valence-corrected chi connectivity index (χ3v) is 15.5. The summed E-state index contributed by atoms with van der Waals surface area (Å²) in [6.45, 7) is 9.99. The van der Waals surface area contributed by atoms with Crippen LogP contribution in [0.25, 0.3) is 0 Å². The normalized spacial score (nSPS) is 31.9. The smallest absolute Gasteiger partial charge is 0.224 e. The summed E-state index contributed by atoms with van der Waals surface area (Å²) in [5, 5.41) is 135. The zero-order valence-electron chi connectivity index (χ0n) is 53.2. The number of hydrogen-bond donors (Lipinski definition) is 18. The van der Waals surface area contributed by atoms with E-state index in [0.717, 1.165) is 0 Å². The number of Topliss-reactive ketones (excluding diaryl/α,β-unsaturated/α-hetero) is 2. The number of ether oxygens (including phenoxy) is 8. The topological polar surface area (TPSA) is 525 Å². The van der Waals surface area contributed by atoms with Crippen LogP contribution in [0, 0.1) is 5.92 Å². The van der Waals surface area contributed by atoms with Gasteiger partial charge >= 0.3 is 0 Å². The lowest BCUT2D eigenvalue weighted by molar-refractivity contribution is -0.293. The van der Waals surface area contributed by atoms with E-state index in [1.165, 1.54) is 27.7 Å². The third-order valence-electron chi connectivity index (χ3n) is 15.5. The molecule has 6 amide bonds. The predicted octanol–water partition coefficient (Wildman–Crippen LogP) is -6.72. The highest BCUT2D eigenvalue weighted by molar-refractivity contribution is 5.93. The third kappa shape index (κ3) is 28.0. The Hall–Kier alpha value is -4.64. The zero-order chi connectivity index (χ0) is 68.8. The van der Waals surface area contributed by atoms with Gasteiger partial charge < -0.3 is 131 Å². The quantitative estimate of drug-likeness (QED) is 0.0256. The molecule has 0 spiro atoms. The molecule has 4 rings (SSSR count). The number of ketones is 2. The minimum Gasteiger partial charge on any atom is -0.388 e. The summed E-state index contributed by atoms with van der Waals surface area (Å²) in [5.41, 5.74) is 0. The molecule has 0 aromatic rings. The summed E-state index contributed by atoms with van der Waals surface area (Å²) in [7, 11) is 0. The standard InChI is InChI=1S/2C29H51N3O14/c1-4-30-19(34)9-5-6-10-20(35)32-17(18(33)8-7-12-43-28-26(41)24(39)22(37)15(2)45-28)14-21(36)31-11-13-44-29-27(42)25(40)23(38)16(3)46-29;1-4-30-19(34)8-6-5-7-18(33)13-17(27(42)32-10-12-44-29-26(41)24(39)22(37)16(3)46-29)14-20(35)31-9-11-43-28-25(40)23(38)21(36)15(2)45-28/h15-17,22-29,37-42H,4-14H2,1-3H3,(H,30,34)(H,31,36)(H,32,35);15-17,21-26,28-29,36-41H,4-14H2,1-3H3,(H,30,34)(H,31,35)(H,32,42)/t15-,16-,17-,22+,23+,24+,25+,26-,27-,28+,29+;15-,16-,17-,21+,22+,23+,24+,25-,26-,28+,29+/m00/s1. The lowest BCUT2D eigenvalue weighted by Gasteiger charge is -2.38. The largest absolute Gasteiger partial charge is 0.388 e. The first kappa shape index (κ1) is 81.6. The van der Waals surface area contributed by atoms with Gasteiger partial charge in [0.05, 0.1) is 69.2 Å². The molecule has 0 saturated carbocycles. The van der Waals surface area contributed by atoms with Gasteiger partial charge in [-0.1, -0.05) is 0 Å². The first-order valence-corrected chi connectivity index (χ1v) is 31.5. The van der Waals surface area contributed by atoms with E-state index in [1.54, 1.807) is 13.8 Å². The van der Waals surface area contributed by atoms with Gasteiger partial charge in [-0.25, -0.2) is 0 Å². The van der Waals surface area contributed by atoms with E-state index in [4.69, 9.17) is 37.9 Å². The van der Waals surface area contributed by atoms with Crippen LogP contribution in [0.4, 0.5) is 0 Å². The molecule has 18 N–H and O–H groups in total. The number of amides is 6. The molecule has 0 unspecified atom stereocenters. The average Bonchev–Trinajstić information content (AvgIpc) is 0.936. The van der Waals surface area contributed by atoms with E-state index >= 15 is 0 Å². The molecule has 0 radical (unpaired) electrons. The molecule has 34 heteroatoms. The Morgan fingerprint density at radius 2 is 0.696 bits per heavy atom. The van der Waals surface area contributed by atoms with Crippen LogP contribution in [0.2, 0.25) is 0 Å². The van der Waals surface area contributed by atoms with Crippen LogP contribution in [0.5, 0.6) is 0 Å². The first-order valence-electron chi connectivity index (χ1n) is 31.5. The minimum atomic E-state index is -1.51. The van der Waals surface area contributed by atoms with E-state index in [9.17, 15) is 99.6 Å². The molecule has 0 aromatic carbocycles. The Kier molecular flexibility index (Phi) is 37.9. The fraction of sp³-hybridized carbons (Fsp3) is 0.862. The van der Waals surface area contributed by atoms with Crippen molar-refractivity contribution in [2.45, 2.75) is 254 Å². The highest BCUT2D eigenvalue weighted by atomic mass is 16.7. The van der Waals surface area contributed by atoms with Gasteiger partial charge in [-0.15, -0.1) is 0 Å². The summed E-state index contributed by atoms with van der Waals surface area (Å²) >= 11 is 0. The molecule has 4 fully saturated rings. The van der Waals surface area contributed by atoms with Gasteiger partial charge in [-0.05, 0) is 73.6 Å². The highest BCUT2D eigenvalue weighted by Gasteiger charge is 2.46. The summed E-state index contributed by atoms with van der Waals surface area (Å²) in [5.74, 6) is -4.21. The number of unbranched alkanes of at least 4 members (excludes halogenated alkanes) is 2. The van der Waals surface area contributed by atoms with Crippen molar-refractivity contribution in [3.63, 3.8) is 0 Å². The Morgan fingerprint density at radius 1 is 0.359 bits per heavy atom. The minimum absolute atomic E-state index is 0.0354. The fourth-order valence-corrected chi connectivity index (χ4v) is 9.90. The molecule has 4 heterocycles. The van der Waals surface area contributed by atoms with Crippen molar-refractivity contribution < 1.29 is 138 Å². The molecule has 92 heavy (non-hydrogen) atoms. The van der Waals surface area contributed by atoms with Gasteiger partial charge in [-0.2, -0.15) is 0 Å². The molecule has 4 aliphatic rings. The fourth-order valence-electron chi connectivity index (χ4n) is 9.90. The lowest BCUT2D eigenvalue weighted by Crippen LogP contribution is -2.57. The Morgan fingerprint density at radius 3 is 1.08 bits per heavy atom. The van der Waals surface area contributed by atoms with Crippen molar-refractivity contribution in [2.75, 3.05) is 59.2 Å². The summed E-state index contributed by atoms with van der Waals surface area (Å²) < 4.78 is 43.0. The van der Waals surface area contributed by atoms with Crippen molar-refractivity contribution in [2.24, 2.45) is 5.92 Å². The predicted molar refractivity (Wildman–Crippen MR) is 315 cm³/mol. The van der Waals surface area contributed by atoms with E-state index in [0.29, 0.717) is 38.8 Å². The van der Waals surface area contributed by atoms with E-state index < -0.39 is 164 Å². The highest BCUT2D eigenvalue weighted by Crippen LogP contribution is 2.26. The van der Waals surface area contributed by atoms with Crippen molar-refractivity contribution in [1.29, 1.82) is 0 Å². The SMILES string of the molecule is CCNC(=O)CCCCC(=O)C[C@@H](CC(=O)NCCO[C@@H]1O[C@@H](C)[C@@H](O)[C@@H](O)[C@@H]1O)C(=O)NCCO[C@@H]1O[C@@H](C)[C@@H](O)[C@@H](O)[C@@H]1O.CCNC(=O)CCCCC(=O)N[C@@H](CC(=O)NCCO[C@@H]1O[C@@H](C)[C@@H](O)[C@@H](O)[C@@H]1O)C(=O)CCCO[C@@H]1O[C@@H](C)[C@@H](O)[C@@H](O)[C@@H]1O. The molecule has 4 aliphatic heterocycles. The Bertz CT molecular complexity index is 2100. The molecule has 0 bridgehead atoms. The first-order chi connectivity index (χ1) is 43.5. The molecule has 0 aromatic heterocycles. The maximum Gasteiger partial charge on any atom is 0.224 e. The van der Waals surface area contributed by atoms with Crippen LogP contribution >= 0.6 is 0 Å². The number of rotatable bonds is 38. The molecule has 22 atom stereocenters. The number of carbonyl (C=O) groups is 8. The van der Waals surface area contributed by atoms with Gasteiger partial charge in [0.1, 0.15) is 79.0 Å². The summed E-state index contributed by atoms with van der Waals surface area (Å²) in [6.07, 6.45) is -23.7. The van der Waals surface area contributed by atoms with Gasteiger partial charge in [-0.3, -0.25) is 38.4 Å². The van der Waals surface area contributed by atoms with Gasteiger partial charge in [0.2, 0.25) is 35.4 Å². The van der Waals surface area contributed by atoms with E-state index in [1.807, 2.05) is 0 Å². The van der Waals surface area contributed by atoms with Crippen molar-refractivity contribution in [1.82, 2.24) is 31.9 Å². The molecule has 34 nitrogen and oxygen atoms in total. The number of hydrogen-bond acceptors (Lipinski definition) is 28. The van der Waals surface area contributed by atoms with Crippen LogP contribution in [0.3, 0.4) is 0 Å². The van der Waals surface area contributed by atoms with Crippen LogP contribution in [-0.2, 0) is 76.3 Å². The lowest BCUT2D eigenvalue weighted by atomic mass is 9.95. The Labute approximate surface area is 534 Å². The molecule has 532 valence electrons. The number of aliphatic hydroxyl groups is 12.